The topological polar surface area (TPSA) is 52.6 Å². The minimum atomic E-state index is -0.302. The van der Waals surface area contributed by atoms with E-state index in [0.29, 0.717) is 11.8 Å². The molecule has 2 fully saturated rings. The number of esters is 2. The van der Waals surface area contributed by atoms with Crippen LogP contribution in [0.5, 0.6) is 0 Å². The van der Waals surface area contributed by atoms with E-state index >= 15 is 0 Å². The first-order valence-corrected chi connectivity index (χ1v) is 6.18. The maximum Gasteiger partial charge on any atom is 0.309 e. The van der Waals surface area contributed by atoms with Crippen LogP contribution in [0.4, 0.5) is 0 Å². The third kappa shape index (κ3) is 1.65. The molecule has 2 bridgehead atoms. The first-order chi connectivity index (χ1) is 8.02. The van der Waals surface area contributed by atoms with Crippen LogP contribution in [-0.2, 0) is 19.1 Å². The van der Waals surface area contributed by atoms with Gasteiger partial charge in [-0.1, -0.05) is 13.8 Å². The van der Waals surface area contributed by atoms with E-state index in [4.69, 9.17) is 9.47 Å². The van der Waals surface area contributed by atoms with E-state index in [1.165, 1.54) is 14.2 Å². The minimum Gasteiger partial charge on any atom is -0.469 e. The number of carbonyl (C=O) groups is 2. The van der Waals surface area contributed by atoms with Crippen LogP contribution in [0.1, 0.15) is 20.3 Å². The minimum absolute atomic E-state index is 0.258. The van der Waals surface area contributed by atoms with Gasteiger partial charge < -0.3 is 9.47 Å². The summed E-state index contributed by atoms with van der Waals surface area (Å²) < 4.78 is 9.70. The van der Waals surface area contributed by atoms with Crippen LogP contribution in [-0.4, -0.2) is 26.2 Å². The van der Waals surface area contributed by atoms with E-state index in [2.05, 4.69) is 13.8 Å². The van der Waals surface area contributed by atoms with Crippen LogP contribution in [0.25, 0.3) is 0 Å². The van der Waals surface area contributed by atoms with Crippen molar-refractivity contribution in [3.8, 4) is 0 Å². The molecule has 0 aromatic rings. The number of carbonyl (C=O) groups excluding carboxylic acids is 2. The van der Waals surface area contributed by atoms with Gasteiger partial charge >= 0.3 is 11.9 Å². The second-order valence-electron chi connectivity index (χ2n) is 5.38. The number of ether oxygens (including phenoxy) is 2. The molecule has 0 aromatic carbocycles. The van der Waals surface area contributed by atoms with Gasteiger partial charge in [0.25, 0.3) is 0 Å². The Labute approximate surface area is 102 Å². The summed E-state index contributed by atoms with van der Waals surface area (Å²) in [5.74, 6) is 0.374. The zero-order valence-corrected chi connectivity index (χ0v) is 10.8. The molecule has 2 saturated carbocycles. The first kappa shape index (κ1) is 12.4. The standard InChI is InChI=1S/C13H20O4/c1-6-7(2)9-5-8(6)10(12(14)16-3)11(9)13(15)17-4/h6-11H,5H2,1-4H3/t6-,7+,8+,9-,10-,11-/m1/s1. The molecule has 0 heterocycles. The molecule has 0 aliphatic heterocycles. The Kier molecular flexibility index (Phi) is 3.15. The van der Waals surface area contributed by atoms with Gasteiger partial charge in [-0.05, 0) is 30.1 Å². The van der Waals surface area contributed by atoms with Gasteiger partial charge in [0.2, 0.25) is 0 Å². The Morgan fingerprint density at radius 1 is 0.882 bits per heavy atom. The number of rotatable bonds is 2. The summed E-state index contributed by atoms with van der Waals surface area (Å²) >= 11 is 0. The summed E-state index contributed by atoms with van der Waals surface area (Å²) in [6.07, 6.45) is 0.946. The van der Waals surface area contributed by atoms with Crippen LogP contribution < -0.4 is 0 Å². The largest absolute Gasteiger partial charge is 0.469 e. The van der Waals surface area contributed by atoms with Crippen molar-refractivity contribution in [2.45, 2.75) is 20.3 Å². The predicted octanol–water partition coefficient (Wildman–Crippen LogP) is 1.49. The Balaban J connectivity index is 2.29. The van der Waals surface area contributed by atoms with Crippen LogP contribution >= 0.6 is 0 Å². The van der Waals surface area contributed by atoms with Crippen molar-refractivity contribution in [2.75, 3.05) is 14.2 Å². The lowest BCUT2D eigenvalue weighted by Crippen LogP contribution is -2.41. The van der Waals surface area contributed by atoms with Gasteiger partial charge in [0, 0.05) is 0 Å². The van der Waals surface area contributed by atoms with E-state index in [0.717, 1.165) is 6.42 Å². The molecule has 2 rings (SSSR count). The average molecular weight is 240 g/mol. The maximum absolute atomic E-state index is 11.9. The number of methoxy groups -OCH3 is 2. The van der Waals surface area contributed by atoms with E-state index in [-0.39, 0.29) is 35.6 Å². The highest BCUT2D eigenvalue weighted by Crippen LogP contribution is 2.58. The van der Waals surface area contributed by atoms with Crippen LogP contribution in [0.15, 0.2) is 0 Å². The van der Waals surface area contributed by atoms with Gasteiger partial charge in [0.05, 0.1) is 26.1 Å². The molecule has 0 aromatic heterocycles. The van der Waals surface area contributed by atoms with E-state index in [1.807, 2.05) is 0 Å². The molecule has 0 amide bonds. The van der Waals surface area contributed by atoms with Crippen molar-refractivity contribution < 1.29 is 19.1 Å². The highest BCUT2D eigenvalue weighted by atomic mass is 16.5. The second kappa shape index (κ2) is 4.31. The fourth-order valence-electron chi connectivity index (χ4n) is 3.92. The summed E-state index contributed by atoms with van der Waals surface area (Å²) in [7, 11) is 2.77. The van der Waals surface area contributed by atoms with Crippen LogP contribution in [0, 0.1) is 35.5 Å². The van der Waals surface area contributed by atoms with E-state index in [1.54, 1.807) is 0 Å². The van der Waals surface area contributed by atoms with Crippen molar-refractivity contribution in [1.82, 2.24) is 0 Å². The second-order valence-corrected chi connectivity index (χ2v) is 5.38. The van der Waals surface area contributed by atoms with E-state index < -0.39 is 0 Å². The van der Waals surface area contributed by atoms with E-state index in [9.17, 15) is 9.59 Å². The lowest BCUT2D eigenvalue weighted by Gasteiger charge is -2.35. The highest BCUT2D eigenvalue weighted by Gasteiger charge is 2.60. The molecule has 4 nitrogen and oxygen atoms in total. The Morgan fingerprint density at radius 3 is 1.53 bits per heavy atom. The monoisotopic (exact) mass is 240 g/mol. The van der Waals surface area contributed by atoms with Crippen molar-refractivity contribution in [3.63, 3.8) is 0 Å². The molecule has 0 N–H and O–H groups in total. The van der Waals surface area contributed by atoms with Gasteiger partial charge in [0.1, 0.15) is 0 Å². The molecule has 0 unspecified atom stereocenters. The molecular formula is C13H20O4. The Morgan fingerprint density at radius 2 is 1.24 bits per heavy atom. The quantitative estimate of drug-likeness (QED) is 0.686. The van der Waals surface area contributed by atoms with Gasteiger partial charge in [-0.25, -0.2) is 0 Å². The molecule has 17 heavy (non-hydrogen) atoms. The van der Waals surface area contributed by atoms with Gasteiger partial charge in [-0.3, -0.25) is 9.59 Å². The summed E-state index contributed by atoms with van der Waals surface area (Å²) in [5, 5.41) is 0. The molecule has 4 heteroatoms. The number of fused-ring (bicyclic) bond motifs is 2. The molecule has 0 saturated heterocycles. The highest BCUT2D eigenvalue weighted by molar-refractivity contribution is 5.83. The van der Waals surface area contributed by atoms with Crippen LogP contribution in [0.3, 0.4) is 0 Å². The molecule has 96 valence electrons. The molecule has 0 radical (unpaired) electrons. The SMILES string of the molecule is COC(=O)[C@@H]1[C@@H]2C[C@@H]([C@H](C)[C@@H]2C)[C@H]1C(=O)OC. The fraction of sp³-hybridized carbons (Fsp3) is 0.846. The summed E-state index contributed by atoms with van der Waals surface area (Å²) in [6.45, 7) is 4.33. The number of hydrogen-bond acceptors (Lipinski definition) is 4. The third-order valence-electron chi connectivity index (χ3n) is 4.98. The third-order valence-corrected chi connectivity index (χ3v) is 4.98. The van der Waals surface area contributed by atoms with Crippen molar-refractivity contribution in [1.29, 1.82) is 0 Å². The molecule has 6 atom stereocenters. The molecule has 0 spiro atoms. The lowest BCUT2D eigenvalue weighted by atomic mass is 9.69. The predicted molar refractivity (Wildman–Crippen MR) is 60.9 cm³/mol. The molecule has 2 aliphatic rings. The summed E-state index contributed by atoms with van der Waals surface area (Å²) in [5.41, 5.74) is 0. The van der Waals surface area contributed by atoms with Crippen LogP contribution in [0.2, 0.25) is 0 Å². The maximum atomic E-state index is 11.9. The number of hydrogen-bond donors (Lipinski definition) is 0. The summed E-state index contributed by atoms with van der Waals surface area (Å²) in [4.78, 5) is 23.7. The normalized spacial score (nSPS) is 43.5. The zero-order chi connectivity index (χ0) is 12.7. The van der Waals surface area contributed by atoms with Crippen molar-refractivity contribution in [3.05, 3.63) is 0 Å². The fourth-order valence-corrected chi connectivity index (χ4v) is 3.92. The smallest absolute Gasteiger partial charge is 0.309 e. The Bertz CT molecular complexity index is 306. The summed E-state index contributed by atoms with van der Waals surface area (Å²) in [6, 6.07) is 0. The van der Waals surface area contributed by atoms with Gasteiger partial charge in [-0.15, -0.1) is 0 Å². The van der Waals surface area contributed by atoms with Crippen molar-refractivity contribution >= 4 is 11.9 Å². The molecular weight excluding hydrogens is 220 g/mol. The van der Waals surface area contributed by atoms with Gasteiger partial charge in [-0.2, -0.15) is 0 Å². The molecule has 2 aliphatic carbocycles. The Hall–Kier alpha value is -1.06. The lowest BCUT2D eigenvalue weighted by molar-refractivity contribution is -0.162. The zero-order valence-electron chi connectivity index (χ0n) is 10.8. The van der Waals surface area contributed by atoms with Gasteiger partial charge in [0.15, 0.2) is 0 Å². The van der Waals surface area contributed by atoms with Crippen molar-refractivity contribution in [2.24, 2.45) is 35.5 Å². The average Bonchev–Trinajstić information content (AvgIpc) is 2.85. The first-order valence-electron chi connectivity index (χ1n) is 6.18.